The molecule has 0 saturated carbocycles. The van der Waals surface area contributed by atoms with Gasteiger partial charge < -0.3 is 9.47 Å². The highest BCUT2D eigenvalue weighted by molar-refractivity contribution is 5.87. The Morgan fingerprint density at radius 2 is 1.80 bits per heavy atom. The van der Waals surface area contributed by atoms with Crippen LogP contribution in [0.3, 0.4) is 0 Å². The van der Waals surface area contributed by atoms with Crippen LogP contribution >= 0.6 is 0 Å². The summed E-state index contributed by atoms with van der Waals surface area (Å²) in [6.45, 7) is 4.32. The van der Waals surface area contributed by atoms with Gasteiger partial charge in [0.15, 0.2) is 0 Å². The van der Waals surface area contributed by atoms with Crippen LogP contribution in [0.25, 0.3) is 17.2 Å². The van der Waals surface area contributed by atoms with Gasteiger partial charge in [-0.25, -0.2) is 4.79 Å². The Balaban J connectivity index is 1.57. The number of ether oxygens (including phenoxy) is 2. The largest absolute Gasteiger partial charge is 0.485 e. The van der Waals surface area contributed by atoms with Crippen LogP contribution in [0.4, 0.5) is 0 Å². The second kappa shape index (κ2) is 8.58. The van der Waals surface area contributed by atoms with E-state index in [-0.39, 0.29) is 12.1 Å². The summed E-state index contributed by atoms with van der Waals surface area (Å²) in [6.07, 6.45) is 5.11. The van der Waals surface area contributed by atoms with Gasteiger partial charge in [-0.05, 0) is 89.9 Å². The maximum Gasteiger partial charge on any atom is 0.330 e. The fourth-order valence-corrected chi connectivity index (χ4v) is 4.14. The monoisotopic (exact) mass is 398 g/mol. The van der Waals surface area contributed by atoms with Gasteiger partial charge in [0, 0.05) is 6.08 Å². The molecule has 1 aliphatic heterocycles. The lowest BCUT2D eigenvalue weighted by molar-refractivity contribution is -0.134. The van der Waals surface area contributed by atoms with Crippen molar-refractivity contribution in [2.24, 2.45) is 0 Å². The summed E-state index contributed by atoms with van der Waals surface area (Å²) in [5.41, 5.74) is 8.46. The third-order valence-electron chi connectivity index (χ3n) is 5.67. The van der Waals surface area contributed by atoms with E-state index in [1.807, 2.05) is 12.1 Å². The fraction of sp³-hybridized carbons (Fsp3) is 0.222. The topological polar surface area (TPSA) is 35.5 Å². The van der Waals surface area contributed by atoms with Gasteiger partial charge >= 0.3 is 5.97 Å². The van der Waals surface area contributed by atoms with Gasteiger partial charge in [0.1, 0.15) is 11.9 Å². The van der Waals surface area contributed by atoms with Crippen molar-refractivity contribution in [3.05, 3.63) is 94.6 Å². The molecule has 3 nitrogen and oxygen atoms in total. The second-order valence-electron chi connectivity index (χ2n) is 7.76. The highest BCUT2D eigenvalue weighted by Gasteiger charge is 2.22. The average Bonchev–Trinajstić information content (AvgIpc) is 2.77. The molecule has 1 atom stereocenters. The van der Waals surface area contributed by atoms with Crippen LogP contribution in [0.5, 0.6) is 5.75 Å². The van der Waals surface area contributed by atoms with Crippen molar-refractivity contribution < 1.29 is 14.3 Å². The number of hydrogen-bond acceptors (Lipinski definition) is 3. The van der Waals surface area contributed by atoms with Crippen LogP contribution in [-0.4, -0.2) is 13.1 Å². The van der Waals surface area contributed by atoms with Crippen molar-refractivity contribution in [3.8, 4) is 16.9 Å². The molecule has 0 radical (unpaired) electrons. The van der Waals surface area contributed by atoms with Crippen LogP contribution in [0, 0.1) is 13.8 Å². The number of aryl methyl sites for hydroxylation is 3. The van der Waals surface area contributed by atoms with Crippen LogP contribution in [0.15, 0.2) is 66.7 Å². The molecule has 1 unspecified atom stereocenters. The quantitative estimate of drug-likeness (QED) is 0.386. The number of benzene rings is 3. The molecular formula is C27H26O3. The van der Waals surface area contributed by atoms with Gasteiger partial charge in [-0.1, -0.05) is 42.5 Å². The van der Waals surface area contributed by atoms with E-state index in [0.717, 1.165) is 24.2 Å². The standard InChI is InChI=1S/C27H26O3/c1-18-6-4-7-19(2)27(18)23-9-5-8-21(17-23)25-14-12-22-16-20(10-13-24(22)30-25)11-15-26(28)29-3/h4-11,13,15-17,25H,12,14H2,1-3H3/b15-11+. The predicted octanol–water partition coefficient (Wildman–Crippen LogP) is 6.22. The Hall–Kier alpha value is -3.33. The van der Waals surface area contributed by atoms with Crippen molar-refractivity contribution in [2.75, 3.05) is 7.11 Å². The summed E-state index contributed by atoms with van der Waals surface area (Å²) in [5, 5.41) is 0. The lowest BCUT2D eigenvalue weighted by Crippen LogP contribution is -2.15. The molecule has 30 heavy (non-hydrogen) atoms. The minimum Gasteiger partial charge on any atom is -0.485 e. The number of carbonyl (C=O) groups is 1. The summed E-state index contributed by atoms with van der Waals surface area (Å²) in [7, 11) is 1.38. The minimum absolute atomic E-state index is 0.0400. The van der Waals surface area contributed by atoms with E-state index in [2.05, 4.69) is 67.1 Å². The fourth-order valence-electron chi connectivity index (χ4n) is 4.14. The Bertz CT molecular complexity index is 1090. The van der Waals surface area contributed by atoms with Crippen molar-refractivity contribution in [2.45, 2.75) is 32.8 Å². The molecular weight excluding hydrogens is 372 g/mol. The van der Waals surface area contributed by atoms with E-state index in [0.29, 0.717) is 0 Å². The molecule has 3 aromatic carbocycles. The normalized spacial score (nSPS) is 15.5. The molecule has 4 rings (SSSR count). The molecule has 0 saturated heterocycles. The third kappa shape index (κ3) is 4.16. The molecule has 0 fully saturated rings. The molecule has 0 bridgehead atoms. The van der Waals surface area contributed by atoms with Crippen LogP contribution in [0.2, 0.25) is 0 Å². The molecule has 1 heterocycles. The number of esters is 1. The zero-order chi connectivity index (χ0) is 21.1. The van der Waals surface area contributed by atoms with Crippen molar-refractivity contribution in [1.29, 1.82) is 0 Å². The van der Waals surface area contributed by atoms with Gasteiger partial charge in [-0.2, -0.15) is 0 Å². The van der Waals surface area contributed by atoms with Gasteiger partial charge in [0.25, 0.3) is 0 Å². The molecule has 0 N–H and O–H groups in total. The third-order valence-corrected chi connectivity index (χ3v) is 5.67. The lowest BCUT2D eigenvalue weighted by Gasteiger charge is -2.27. The SMILES string of the molecule is COC(=O)/C=C/c1ccc2c(c1)CCC(c1cccc(-c3c(C)cccc3C)c1)O2. The van der Waals surface area contributed by atoms with Gasteiger partial charge in [0.2, 0.25) is 0 Å². The molecule has 3 aromatic rings. The van der Waals surface area contributed by atoms with Gasteiger partial charge in [0.05, 0.1) is 7.11 Å². The van der Waals surface area contributed by atoms with Crippen molar-refractivity contribution >= 4 is 12.0 Å². The first-order valence-electron chi connectivity index (χ1n) is 10.3. The Morgan fingerprint density at radius 3 is 2.57 bits per heavy atom. The molecule has 0 aromatic heterocycles. The first-order valence-corrected chi connectivity index (χ1v) is 10.3. The van der Waals surface area contributed by atoms with E-state index in [9.17, 15) is 4.79 Å². The summed E-state index contributed by atoms with van der Waals surface area (Å²) >= 11 is 0. The smallest absolute Gasteiger partial charge is 0.330 e. The number of hydrogen-bond donors (Lipinski definition) is 0. The van der Waals surface area contributed by atoms with Crippen molar-refractivity contribution in [3.63, 3.8) is 0 Å². The molecule has 1 aliphatic rings. The molecule has 0 amide bonds. The Kier molecular flexibility index (Phi) is 5.71. The van der Waals surface area contributed by atoms with E-state index in [1.54, 1.807) is 6.08 Å². The molecule has 0 spiro atoms. The lowest BCUT2D eigenvalue weighted by atomic mass is 9.91. The number of rotatable bonds is 4. The molecule has 152 valence electrons. The Morgan fingerprint density at radius 1 is 1.03 bits per heavy atom. The maximum atomic E-state index is 11.3. The van der Waals surface area contributed by atoms with E-state index in [1.165, 1.54) is 46.6 Å². The summed E-state index contributed by atoms with van der Waals surface area (Å²) in [6, 6.07) is 21.2. The first kappa shape index (κ1) is 20.0. The van der Waals surface area contributed by atoms with Crippen LogP contribution in [-0.2, 0) is 16.0 Å². The predicted molar refractivity (Wildman–Crippen MR) is 121 cm³/mol. The van der Waals surface area contributed by atoms with Gasteiger partial charge in [-0.3, -0.25) is 0 Å². The minimum atomic E-state index is -0.354. The van der Waals surface area contributed by atoms with Crippen LogP contribution in [0.1, 0.15) is 40.3 Å². The summed E-state index contributed by atoms with van der Waals surface area (Å²) in [4.78, 5) is 11.3. The van der Waals surface area contributed by atoms with Crippen molar-refractivity contribution in [1.82, 2.24) is 0 Å². The number of fused-ring (bicyclic) bond motifs is 1. The van der Waals surface area contributed by atoms with E-state index < -0.39 is 0 Å². The highest BCUT2D eigenvalue weighted by atomic mass is 16.5. The summed E-state index contributed by atoms with van der Waals surface area (Å²) in [5.74, 6) is 0.562. The average molecular weight is 399 g/mol. The number of carbonyl (C=O) groups excluding carboxylic acids is 1. The second-order valence-corrected chi connectivity index (χ2v) is 7.76. The highest BCUT2D eigenvalue weighted by Crippen LogP contribution is 2.37. The molecule has 3 heteroatoms. The van der Waals surface area contributed by atoms with E-state index >= 15 is 0 Å². The summed E-state index contributed by atoms with van der Waals surface area (Å²) < 4.78 is 11.0. The Labute approximate surface area is 178 Å². The zero-order valence-electron chi connectivity index (χ0n) is 17.6. The van der Waals surface area contributed by atoms with Crippen LogP contribution < -0.4 is 4.74 Å². The first-order chi connectivity index (χ1) is 14.5. The maximum absolute atomic E-state index is 11.3. The molecule has 0 aliphatic carbocycles. The van der Waals surface area contributed by atoms with E-state index in [4.69, 9.17) is 4.74 Å². The number of methoxy groups -OCH3 is 1. The van der Waals surface area contributed by atoms with Gasteiger partial charge in [-0.15, -0.1) is 0 Å². The zero-order valence-corrected chi connectivity index (χ0v) is 17.6.